The van der Waals surface area contributed by atoms with Crippen molar-refractivity contribution in [3.05, 3.63) is 46.2 Å². The molecule has 0 N–H and O–H groups in total. The number of aryl methyl sites for hydroxylation is 1. The number of hydrogen-bond donors (Lipinski definition) is 0. The second kappa shape index (κ2) is 5.99. The van der Waals surface area contributed by atoms with Crippen molar-refractivity contribution >= 4 is 21.4 Å². The van der Waals surface area contributed by atoms with Crippen LogP contribution in [0.3, 0.4) is 0 Å². The maximum Gasteiger partial charge on any atom is 0.242 e. The van der Waals surface area contributed by atoms with Crippen molar-refractivity contribution in [2.45, 2.75) is 18.2 Å². The highest BCUT2D eigenvalue weighted by molar-refractivity contribution is 7.89. The monoisotopic (exact) mass is 314 g/mol. The summed E-state index contributed by atoms with van der Waals surface area (Å²) < 4.78 is 39.2. The molecule has 108 valence electrons. The van der Waals surface area contributed by atoms with Crippen LogP contribution in [0.25, 0.3) is 0 Å². The van der Waals surface area contributed by atoms with Crippen molar-refractivity contribution in [3.63, 3.8) is 0 Å². The third-order valence-corrected chi connectivity index (χ3v) is 5.65. The molecule has 20 heavy (non-hydrogen) atoms. The number of hydrogen-bond acceptors (Lipinski definition) is 4. The molecule has 1 aromatic heterocycles. The Bertz CT molecular complexity index is 684. The summed E-state index contributed by atoms with van der Waals surface area (Å²) in [7, 11) is -2.07. The van der Waals surface area contributed by atoms with E-state index in [0.29, 0.717) is 18.5 Å². The zero-order valence-corrected chi connectivity index (χ0v) is 12.8. The lowest BCUT2D eigenvalue weighted by Crippen LogP contribution is -2.29. The summed E-state index contributed by atoms with van der Waals surface area (Å²) in [5.41, 5.74) is 0.319. The molecule has 7 heteroatoms. The smallest absolute Gasteiger partial charge is 0.242 e. The molecular formula is C13H15FN2O2S2. The summed E-state index contributed by atoms with van der Waals surface area (Å²) in [5, 5.41) is 2.75. The van der Waals surface area contributed by atoms with Gasteiger partial charge in [0.2, 0.25) is 10.0 Å². The number of rotatable bonds is 5. The van der Waals surface area contributed by atoms with Gasteiger partial charge < -0.3 is 0 Å². The highest BCUT2D eigenvalue weighted by atomic mass is 32.2. The van der Waals surface area contributed by atoms with Gasteiger partial charge >= 0.3 is 0 Å². The fourth-order valence-corrected chi connectivity index (χ4v) is 3.57. The second-order valence-corrected chi connectivity index (χ2v) is 7.44. The molecule has 0 aliphatic carbocycles. The zero-order chi connectivity index (χ0) is 14.8. The van der Waals surface area contributed by atoms with E-state index in [0.717, 1.165) is 5.01 Å². The molecule has 0 radical (unpaired) electrons. The van der Waals surface area contributed by atoms with E-state index in [2.05, 4.69) is 4.98 Å². The van der Waals surface area contributed by atoms with Gasteiger partial charge in [-0.1, -0.05) is 0 Å². The molecule has 4 nitrogen and oxygen atoms in total. The molecule has 0 amide bonds. The van der Waals surface area contributed by atoms with Gasteiger partial charge in [-0.2, -0.15) is 0 Å². The molecule has 0 saturated heterocycles. The van der Waals surface area contributed by atoms with Crippen LogP contribution in [-0.2, 0) is 16.4 Å². The Morgan fingerprint density at radius 2 is 2.15 bits per heavy atom. The van der Waals surface area contributed by atoms with Crippen molar-refractivity contribution in [2.24, 2.45) is 0 Å². The van der Waals surface area contributed by atoms with E-state index in [9.17, 15) is 12.8 Å². The van der Waals surface area contributed by atoms with Crippen LogP contribution in [0.2, 0.25) is 0 Å². The molecule has 0 aliphatic rings. The van der Waals surface area contributed by atoms with Gasteiger partial charge in [0.25, 0.3) is 0 Å². The lowest BCUT2D eigenvalue weighted by atomic mass is 10.2. The van der Waals surface area contributed by atoms with Gasteiger partial charge in [0.1, 0.15) is 5.82 Å². The van der Waals surface area contributed by atoms with Crippen LogP contribution < -0.4 is 0 Å². The average molecular weight is 314 g/mol. The summed E-state index contributed by atoms with van der Waals surface area (Å²) >= 11 is 1.49. The third-order valence-electron chi connectivity index (χ3n) is 2.96. The van der Waals surface area contributed by atoms with Crippen LogP contribution in [0.4, 0.5) is 4.39 Å². The average Bonchev–Trinajstić information content (AvgIpc) is 2.92. The van der Waals surface area contributed by atoms with Crippen LogP contribution in [0.5, 0.6) is 0 Å². The Morgan fingerprint density at radius 1 is 1.40 bits per heavy atom. The molecule has 0 bridgehead atoms. The van der Waals surface area contributed by atoms with Crippen molar-refractivity contribution in [3.8, 4) is 0 Å². The number of thiazole rings is 1. The van der Waals surface area contributed by atoms with Crippen LogP contribution in [0.15, 0.2) is 34.7 Å². The number of nitrogens with zero attached hydrogens (tertiary/aromatic N) is 2. The van der Waals surface area contributed by atoms with Gasteiger partial charge in [0.05, 0.1) is 9.90 Å². The first-order chi connectivity index (χ1) is 9.41. The van der Waals surface area contributed by atoms with E-state index < -0.39 is 15.8 Å². The van der Waals surface area contributed by atoms with E-state index in [4.69, 9.17) is 0 Å². The Morgan fingerprint density at radius 3 is 2.75 bits per heavy atom. The summed E-state index contributed by atoms with van der Waals surface area (Å²) in [5.74, 6) is -0.408. The van der Waals surface area contributed by atoms with Gasteiger partial charge in [-0.25, -0.2) is 22.1 Å². The van der Waals surface area contributed by atoms with E-state index >= 15 is 0 Å². The van der Waals surface area contributed by atoms with Gasteiger partial charge in [-0.3, -0.25) is 0 Å². The van der Waals surface area contributed by atoms with Gasteiger partial charge in [-0.05, 0) is 30.7 Å². The van der Waals surface area contributed by atoms with Crippen molar-refractivity contribution in [2.75, 3.05) is 13.6 Å². The normalized spacial score (nSPS) is 12.0. The minimum absolute atomic E-state index is 0.109. The van der Waals surface area contributed by atoms with Crippen LogP contribution >= 0.6 is 11.3 Å². The summed E-state index contributed by atoms with van der Waals surface area (Å²) in [6, 6.07) is 3.82. The highest BCUT2D eigenvalue weighted by Crippen LogP contribution is 2.18. The fraction of sp³-hybridized carbons (Fsp3) is 0.308. The largest absolute Gasteiger partial charge is 0.250 e. The van der Waals surface area contributed by atoms with E-state index in [1.807, 2.05) is 5.38 Å². The molecule has 1 heterocycles. The SMILES string of the molecule is Cc1cc(S(=O)(=O)N(C)CCc2nccs2)ccc1F. The molecule has 2 aromatic rings. The van der Waals surface area contributed by atoms with E-state index in [1.165, 1.54) is 40.9 Å². The lowest BCUT2D eigenvalue weighted by molar-refractivity contribution is 0.472. The minimum atomic E-state index is -3.59. The van der Waals surface area contributed by atoms with E-state index in [1.54, 1.807) is 13.1 Å². The molecule has 1 aromatic carbocycles. The Balaban J connectivity index is 2.14. The quantitative estimate of drug-likeness (QED) is 0.852. The number of aromatic nitrogens is 1. The maximum absolute atomic E-state index is 13.2. The molecule has 0 saturated carbocycles. The Labute approximate surface area is 121 Å². The molecule has 0 atom stereocenters. The molecule has 0 unspecified atom stereocenters. The van der Waals surface area contributed by atoms with Crippen molar-refractivity contribution in [1.82, 2.24) is 9.29 Å². The van der Waals surface area contributed by atoms with Crippen LogP contribution in [0, 0.1) is 12.7 Å². The Hall–Kier alpha value is -1.31. The van der Waals surface area contributed by atoms with Crippen LogP contribution in [0.1, 0.15) is 10.6 Å². The number of likely N-dealkylation sites (N-methyl/N-ethyl adjacent to an activating group) is 1. The number of sulfonamides is 1. The maximum atomic E-state index is 13.2. The molecule has 0 fully saturated rings. The molecular weight excluding hydrogens is 299 g/mol. The minimum Gasteiger partial charge on any atom is -0.250 e. The van der Waals surface area contributed by atoms with Gasteiger partial charge in [0, 0.05) is 31.6 Å². The first-order valence-electron chi connectivity index (χ1n) is 6.02. The topological polar surface area (TPSA) is 50.3 Å². The highest BCUT2D eigenvalue weighted by Gasteiger charge is 2.21. The molecule has 0 aliphatic heterocycles. The summed E-state index contributed by atoms with van der Waals surface area (Å²) in [6.45, 7) is 1.89. The van der Waals surface area contributed by atoms with Crippen molar-refractivity contribution in [1.29, 1.82) is 0 Å². The second-order valence-electron chi connectivity index (χ2n) is 4.41. The molecule has 2 rings (SSSR count). The lowest BCUT2D eigenvalue weighted by Gasteiger charge is -2.17. The first-order valence-corrected chi connectivity index (χ1v) is 8.34. The standard InChI is InChI=1S/C13H15FN2O2S2/c1-10-9-11(3-4-12(10)14)20(17,18)16(2)7-5-13-15-6-8-19-13/h3-4,6,8-9H,5,7H2,1-2H3. The first kappa shape index (κ1) is 15.1. The third kappa shape index (κ3) is 3.23. The Kier molecular flexibility index (Phi) is 4.52. The predicted octanol–water partition coefficient (Wildman–Crippen LogP) is 2.45. The zero-order valence-electron chi connectivity index (χ0n) is 11.2. The van der Waals surface area contributed by atoms with Crippen molar-refractivity contribution < 1.29 is 12.8 Å². The van der Waals surface area contributed by atoms with Crippen LogP contribution in [-0.4, -0.2) is 31.3 Å². The summed E-state index contributed by atoms with van der Waals surface area (Å²) in [6.07, 6.45) is 2.26. The van der Waals surface area contributed by atoms with Gasteiger partial charge in [0.15, 0.2) is 0 Å². The number of benzene rings is 1. The fourth-order valence-electron chi connectivity index (χ4n) is 1.71. The molecule has 0 spiro atoms. The van der Waals surface area contributed by atoms with E-state index in [-0.39, 0.29) is 4.90 Å². The predicted molar refractivity (Wildman–Crippen MR) is 76.8 cm³/mol. The van der Waals surface area contributed by atoms with Gasteiger partial charge in [-0.15, -0.1) is 11.3 Å². The number of halogens is 1. The summed E-state index contributed by atoms with van der Waals surface area (Å²) in [4.78, 5) is 4.23.